The Balaban J connectivity index is 1.85. The molecule has 0 aliphatic carbocycles. The summed E-state index contributed by atoms with van der Waals surface area (Å²) in [5.74, 6) is -0.341. The third-order valence-corrected chi connectivity index (χ3v) is 5.60. The Kier molecular flexibility index (Phi) is 5.36. The zero-order valence-electron chi connectivity index (χ0n) is 14.6. The molecule has 0 atom stereocenters. The maximum atomic E-state index is 12.7. The standard InChI is InChI=1S/C16H16BrN5O3S2/c1-9-7-13(10(2)22(9)12-6-4-5-11(17)8-12)14(23)18-15-19-20-16(26-15)21-27(3,24)25/h4-8H,1-3H3,(H,20,21)(H,18,19,23). The number of carbonyl (C=O) groups is 1. The second-order valence-electron chi connectivity index (χ2n) is 5.84. The summed E-state index contributed by atoms with van der Waals surface area (Å²) in [6, 6.07) is 9.58. The van der Waals surface area contributed by atoms with Crippen LogP contribution in [0.5, 0.6) is 0 Å². The van der Waals surface area contributed by atoms with Crippen LogP contribution in [0.4, 0.5) is 10.3 Å². The van der Waals surface area contributed by atoms with Crippen molar-refractivity contribution in [3.63, 3.8) is 0 Å². The van der Waals surface area contributed by atoms with E-state index in [1.54, 1.807) is 6.07 Å². The Labute approximate surface area is 168 Å². The first-order valence-electron chi connectivity index (χ1n) is 7.71. The van der Waals surface area contributed by atoms with Crippen LogP contribution in [0.3, 0.4) is 0 Å². The zero-order chi connectivity index (χ0) is 19.8. The summed E-state index contributed by atoms with van der Waals surface area (Å²) in [7, 11) is -3.45. The second-order valence-corrected chi connectivity index (χ2v) is 9.48. The fourth-order valence-electron chi connectivity index (χ4n) is 2.64. The molecule has 2 N–H and O–H groups in total. The van der Waals surface area contributed by atoms with Gasteiger partial charge in [0.25, 0.3) is 5.91 Å². The number of nitrogens with one attached hydrogen (secondary N) is 2. The lowest BCUT2D eigenvalue weighted by molar-refractivity contribution is 0.102. The van der Waals surface area contributed by atoms with Crippen molar-refractivity contribution in [3.05, 3.63) is 51.8 Å². The van der Waals surface area contributed by atoms with Gasteiger partial charge in [0.2, 0.25) is 20.3 Å². The van der Waals surface area contributed by atoms with Crippen molar-refractivity contribution in [1.82, 2.24) is 14.8 Å². The maximum absolute atomic E-state index is 12.7. The first-order valence-corrected chi connectivity index (χ1v) is 11.2. The molecule has 2 heterocycles. The van der Waals surface area contributed by atoms with E-state index in [1.165, 1.54) is 0 Å². The molecule has 0 unspecified atom stereocenters. The predicted octanol–water partition coefficient (Wildman–Crippen LogP) is 3.33. The summed E-state index contributed by atoms with van der Waals surface area (Å²) >= 11 is 4.40. The van der Waals surface area contributed by atoms with Gasteiger partial charge >= 0.3 is 0 Å². The van der Waals surface area contributed by atoms with E-state index >= 15 is 0 Å². The summed E-state index contributed by atoms with van der Waals surface area (Å²) in [4.78, 5) is 12.7. The highest BCUT2D eigenvalue weighted by molar-refractivity contribution is 9.10. The summed E-state index contributed by atoms with van der Waals surface area (Å²) < 4.78 is 27.6. The third-order valence-electron chi connectivity index (χ3n) is 3.66. The largest absolute Gasteiger partial charge is 0.318 e. The molecule has 142 valence electrons. The number of amides is 1. The smallest absolute Gasteiger partial charge is 0.259 e. The number of sulfonamides is 1. The highest BCUT2D eigenvalue weighted by Gasteiger charge is 2.18. The van der Waals surface area contributed by atoms with Gasteiger partial charge in [-0.05, 0) is 38.1 Å². The highest BCUT2D eigenvalue weighted by atomic mass is 79.9. The van der Waals surface area contributed by atoms with E-state index < -0.39 is 10.0 Å². The van der Waals surface area contributed by atoms with Crippen LogP contribution in [0, 0.1) is 13.8 Å². The molecule has 0 radical (unpaired) electrons. The minimum atomic E-state index is -3.45. The van der Waals surface area contributed by atoms with Crippen molar-refractivity contribution in [3.8, 4) is 5.69 Å². The summed E-state index contributed by atoms with van der Waals surface area (Å²) in [6.45, 7) is 3.78. The van der Waals surface area contributed by atoms with Gasteiger partial charge in [-0.25, -0.2) is 8.42 Å². The van der Waals surface area contributed by atoms with Crippen molar-refractivity contribution < 1.29 is 13.2 Å². The molecule has 2 aromatic heterocycles. The van der Waals surface area contributed by atoms with Gasteiger partial charge in [0.1, 0.15) is 0 Å². The van der Waals surface area contributed by atoms with Crippen molar-refractivity contribution in [2.45, 2.75) is 13.8 Å². The Bertz CT molecular complexity index is 1120. The van der Waals surface area contributed by atoms with E-state index in [0.29, 0.717) is 5.56 Å². The van der Waals surface area contributed by atoms with E-state index in [2.05, 4.69) is 36.2 Å². The fraction of sp³-hybridized carbons (Fsp3) is 0.188. The van der Waals surface area contributed by atoms with Gasteiger partial charge < -0.3 is 4.57 Å². The minimum absolute atomic E-state index is 0.0902. The molecule has 1 amide bonds. The monoisotopic (exact) mass is 469 g/mol. The average molecular weight is 470 g/mol. The summed E-state index contributed by atoms with van der Waals surface area (Å²) in [6.07, 6.45) is 1.02. The van der Waals surface area contributed by atoms with Crippen molar-refractivity contribution in [2.24, 2.45) is 0 Å². The third kappa shape index (κ3) is 4.54. The van der Waals surface area contributed by atoms with E-state index in [0.717, 1.165) is 39.1 Å². The van der Waals surface area contributed by atoms with E-state index in [1.807, 2.05) is 42.7 Å². The molecule has 3 rings (SSSR count). The molecule has 0 aliphatic rings. The van der Waals surface area contributed by atoms with Gasteiger partial charge in [-0.15, -0.1) is 10.2 Å². The Morgan fingerprint density at radius 3 is 2.56 bits per heavy atom. The fourth-order valence-corrected chi connectivity index (χ4v) is 4.50. The maximum Gasteiger partial charge on any atom is 0.259 e. The molecule has 0 fully saturated rings. The Morgan fingerprint density at radius 2 is 1.89 bits per heavy atom. The molecule has 0 spiro atoms. The molecule has 27 heavy (non-hydrogen) atoms. The van der Waals surface area contributed by atoms with Crippen LogP contribution in [-0.2, 0) is 10.0 Å². The number of carbonyl (C=O) groups excluding carboxylic acids is 1. The van der Waals surface area contributed by atoms with Crippen LogP contribution >= 0.6 is 27.3 Å². The molecule has 8 nitrogen and oxygen atoms in total. The van der Waals surface area contributed by atoms with Crippen molar-refractivity contribution in [1.29, 1.82) is 0 Å². The van der Waals surface area contributed by atoms with Crippen LogP contribution in [0.25, 0.3) is 5.69 Å². The van der Waals surface area contributed by atoms with Gasteiger partial charge in [-0.3, -0.25) is 14.8 Å². The molecule has 0 saturated heterocycles. The highest BCUT2D eigenvalue weighted by Crippen LogP contribution is 2.25. The number of hydrogen-bond donors (Lipinski definition) is 2. The van der Waals surface area contributed by atoms with Gasteiger partial charge in [-0.2, -0.15) is 0 Å². The number of rotatable bonds is 5. The number of aryl methyl sites for hydroxylation is 1. The van der Waals surface area contributed by atoms with Crippen LogP contribution in [0.15, 0.2) is 34.8 Å². The molecule has 11 heteroatoms. The zero-order valence-corrected chi connectivity index (χ0v) is 17.9. The lowest BCUT2D eigenvalue weighted by Crippen LogP contribution is -2.13. The number of anilines is 2. The second kappa shape index (κ2) is 7.41. The lowest BCUT2D eigenvalue weighted by atomic mass is 10.2. The molecule has 3 aromatic rings. The molecule has 0 bridgehead atoms. The number of aromatic nitrogens is 3. The predicted molar refractivity (Wildman–Crippen MR) is 109 cm³/mol. The van der Waals surface area contributed by atoms with E-state index in [4.69, 9.17) is 0 Å². The first-order chi connectivity index (χ1) is 12.6. The van der Waals surface area contributed by atoms with E-state index in [-0.39, 0.29) is 16.2 Å². The number of benzene rings is 1. The minimum Gasteiger partial charge on any atom is -0.318 e. The van der Waals surface area contributed by atoms with Crippen molar-refractivity contribution >= 4 is 53.5 Å². The van der Waals surface area contributed by atoms with Crippen LogP contribution in [-0.4, -0.2) is 35.3 Å². The molecule has 0 aliphatic heterocycles. The van der Waals surface area contributed by atoms with E-state index in [9.17, 15) is 13.2 Å². The van der Waals surface area contributed by atoms with Crippen LogP contribution in [0.1, 0.15) is 21.7 Å². The molecular formula is C16H16BrN5O3S2. The Morgan fingerprint density at radius 1 is 1.19 bits per heavy atom. The van der Waals surface area contributed by atoms with Crippen LogP contribution in [0.2, 0.25) is 0 Å². The normalized spacial score (nSPS) is 11.4. The SMILES string of the molecule is Cc1cc(C(=O)Nc2nnc(NS(C)(=O)=O)s2)c(C)n1-c1cccc(Br)c1. The average Bonchev–Trinajstić information content (AvgIpc) is 3.09. The lowest BCUT2D eigenvalue weighted by Gasteiger charge is -2.10. The van der Waals surface area contributed by atoms with Gasteiger partial charge in [0.15, 0.2) is 0 Å². The Hall–Kier alpha value is -2.24. The summed E-state index contributed by atoms with van der Waals surface area (Å²) in [5, 5.41) is 10.4. The van der Waals surface area contributed by atoms with Crippen molar-refractivity contribution in [2.75, 3.05) is 16.3 Å². The van der Waals surface area contributed by atoms with Crippen LogP contribution < -0.4 is 10.0 Å². The van der Waals surface area contributed by atoms with Gasteiger partial charge in [-0.1, -0.05) is 33.3 Å². The van der Waals surface area contributed by atoms with Gasteiger partial charge in [0.05, 0.1) is 11.8 Å². The molecule has 0 saturated carbocycles. The quantitative estimate of drug-likeness (QED) is 0.595. The number of nitrogens with zero attached hydrogens (tertiary/aromatic N) is 3. The number of halogens is 1. The first kappa shape index (κ1) is 19.5. The molecular weight excluding hydrogens is 454 g/mol. The summed E-state index contributed by atoms with van der Waals surface area (Å²) in [5.41, 5.74) is 3.13. The number of hydrogen-bond acceptors (Lipinski definition) is 6. The topological polar surface area (TPSA) is 106 Å². The van der Waals surface area contributed by atoms with Gasteiger partial charge in [0, 0.05) is 21.5 Å². The molecule has 1 aromatic carbocycles.